The van der Waals surface area contributed by atoms with Gasteiger partial charge < -0.3 is 24.6 Å². The second-order valence-corrected chi connectivity index (χ2v) is 4.33. The molecule has 114 valence electrons. The first-order valence-electron chi connectivity index (χ1n) is 7.00. The molecule has 0 aliphatic rings. The van der Waals surface area contributed by atoms with Gasteiger partial charge in [0.15, 0.2) is 0 Å². The average molecular weight is 283 g/mol. The van der Waals surface area contributed by atoms with E-state index < -0.39 is 0 Å². The van der Waals surface area contributed by atoms with Crippen molar-refractivity contribution in [1.29, 1.82) is 0 Å². The van der Waals surface area contributed by atoms with Gasteiger partial charge in [0, 0.05) is 12.1 Å². The van der Waals surface area contributed by atoms with Crippen molar-refractivity contribution < 1.29 is 19.3 Å². The minimum atomic E-state index is 0.0364. The van der Waals surface area contributed by atoms with Gasteiger partial charge in [-0.1, -0.05) is 6.92 Å². The van der Waals surface area contributed by atoms with E-state index in [2.05, 4.69) is 12.2 Å². The SMILES string of the molecule is CCCNCc1cc(OC)ccc1OCCOCCO. The van der Waals surface area contributed by atoms with Crippen molar-refractivity contribution in [2.45, 2.75) is 19.9 Å². The van der Waals surface area contributed by atoms with E-state index in [4.69, 9.17) is 19.3 Å². The summed E-state index contributed by atoms with van der Waals surface area (Å²) < 4.78 is 16.1. The predicted octanol–water partition coefficient (Wildman–Crippen LogP) is 1.58. The minimum Gasteiger partial charge on any atom is -0.497 e. The van der Waals surface area contributed by atoms with Crippen molar-refractivity contribution in [3.63, 3.8) is 0 Å². The highest BCUT2D eigenvalue weighted by Crippen LogP contribution is 2.24. The number of rotatable bonds is 11. The van der Waals surface area contributed by atoms with Gasteiger partial charge in [-0.05, 0) is 31.2 Å². The van der Waals surface area contributed by atoms with E-state index in [0.29, 0.717) is 19.8 Å². The van der Waals surface area contributed by atoms with Crippen LogP contribution in [0.3, 0.4) is 0 Å². The molecule has 0 saturated heterocycles. The predicted molar refractivity (Wildman–Crippen MR) is 78.4 cm³/mol. The van der Waals surface area contributed by atoms with Gasteiger partial charge in [0.05, 0.1) is 26.9 Å². The normalized spacial score (nSPS) is 10.6. The Bertz CT molecular complexity index is 371. The van der Waals surface area contributed by atoms with E-state index in [1.54, 1.807) is 7.11 Å². The largest absolute Gasteiger partial charge is 0.497 e. The highest BCUT2D eigenvalue weighted by molar-refractivity contribution is 5.40. The van der Waals surface area contributed by atoms with Gasteiger partial charge in [-0.25, -0.2) is 0 Å². The van der Waals surface area contributed by atoms with Gasteiger partial charge in [-0.15, -0.1) is 0 Å². The lowest BCUT2D eigenvalue weighted by atomic mass is 10.2. The van der Waals surface area contributed by atoms with E-state index in [0.717, 1.165) is 36.6 Å². The average Bonchev–Trinajstić information content (AvgIpc) is 2.48. The van der Waals surface area contributed by atoms with Gasteiger partial charge in [0.25, 0.3) is 0 Å². The second kappa shape index (κ2) is 10.5. The van der Waals surface area contributed by atoms with Gasteiger partial charge in [-0.3, -0.25) is 0 Å². The Morgan fingerprint density at radius 1 is 1.20 bits per heavy atom. The molecule has 5 heteroatoms. The number of benzene rings is 1. The molecule has 0 bridgehead atoms. The van der Waals surface area contributed by atoms with E-state index in [1.807, 2.05) is 18.2 Å². The number of aliphatic hydroxyl groups is 1. The summed E-state index contributed by atoms with van der Waals surface area (Å²) in [5.41, 5.74) is 1.07. The van der Waals surface area contributed by atoms with E-state index in [-0.39, 0.29) is 6.61 Å². The number of hydrogen-bond acceptors (Lipinski definition) is 5. The molecule has 0 amide bonds. The topological polar surface area (TPSA) is 60.0 Å². The lowest BCUT2D eigenvalue weighted by Crippen LogP contribution is -2.16. The summed E-state index contributed by atoms with van der Waals surface area (Å²) in [4.78, 5) is 0. The molecule has 2 N–H and O–H groups in total. The van der Waals surface area contributed by atoms with E-state index in [9.17, 15) is 0 Å². The number of methoxy groups -OCH3 is 1. The molecule has 0 radical (unpaired) electrons. The molecule has 1 aromatic rings. The third-order valence-electron chi connectivity index (χ3n) is 2.73. The van der Waals surface area contributed by atoms with Crippen LogP contribution in [0.25, 0.3) is 0 Å². The van der Waals surface area contributed by atoms with Crippen LogP contribution in [0.2, 0.25) is 0 Å². The highest BCUT2D eigenvalue weighted by Gasteiger charge is 2.05. The molecular weight excluding hydrogens is 258 g/mol. The standard InChI is InChI=1S/C15H25NO4/c1-3-6-16-12-13-11-14(18-2)4-5-15(13)20-10-9-19-8-7-17/h4-5,11,16-17H,3,6-10,12H2,1-2H3. The summed E-state index contributed by atoms with van der Waals surface area (Å²) in [6.45, 7) is 5.16. The van der Waals surface area contributed by atoms with Crippen LogP contribution in [-0.2, 0) is 11.3 Å². The first-order valence-corrected chi connectivity index (χ1v) is 7.00. The summed E-state index contributed by atoms with van der Waals surface area (Å²) in [7, 11) is 1.65. The summed E-state index contributed by atoms with van der Waals surface area (Å²) in [5.74, 6) is 1.66. The third-order valence-corrected chi connectivity index (χ3v) is 2.73. The maximum atomic E-state index is 8.62. The van der Waals surface area contributed by atoms with Gasteiger partial charge in [0.1, 0.15) is 18.1 Å². The molecule has 1 rings (SSSR count). The van der Waals surface area contributed by atoms with Crippen LogP contribution in [0.5, 0.6) is 11.5 Å². The number of aliphatic hydroxyl groups excluding tert-OH is 1. The fraction of sp³-hybridized carbons (Fsp3) is 0.600. The fourth-order valence-corrected chi connectivity index (χ4v) is 1.74. The zero-order chi connectivity index (χ0) is 14.6. The van der Waals surface area contributed by atoms with E-state index >= 15 is 0 Å². The second-order valence-electron chi connectivity index (χ2n) is 4.33. The molecule has 0 aliphatic carbocycles. The molecule has 0 aliphatic heterocycles. The van der Waals surface area contributed by atoms with Crippen LogP contribution in [0, 0.1) is 0 Å². The van der Waals surface area contributed by atoms with Crippen molar-refractivity contribution in [2.24, 2.45) is 0 Å². The summed E-state index contributed by atoms with van der Waals surface area (Å²) >= 11 is 0. The molecule has 1 aromatic carbocycles. The number of hydrogen-bond donors (Lipinski definition) is 2. The van der Waals surface area contributed by atoms with Crippen molar-refractivity contribution >= 4 is 0 Å². The van der Waals surface area contributed by atoms with Crippen molar-refractivity contribution in [3.05, 3.63) is 23.8 Å². The van der Waals surface area contributed by atoms with E-state index in [1.165, 1.54) is 0 Å². The summed E-state index contributed by atoms with van der Waals surface area (Å²) in [5, 5.41) is 12.0. The molecule has 0 unspecified atom stereocenters. The molecule has 0 atom stereocenters. The first kappa shape index (κ1) is 16.8. The monoisotopic (exact) mass is 283 g/mol. The fourth-order valence-electron chi connectivity index (χ4n) is 1.74. The zero-order valence-corrected chi connectivity index (χ0v) is 12.4. The highest BCUT2D eigenvalue weighted by atomic mass is 16.5. The van der Waals surface area contributed by atoms with Crippen LogP contribution in [0.15, 0.2) is 18.2 Å². The summed E-state index contributed by atoms with van der Waals surface area (Å²) in [6.07, 6.45) is 1.09. The molecular formula is C15H25NO4. The zero-order valence-electron chi connectivity index (χ0n) is 12.4. The summed E-state index contributed by atoms with van der Waals surface area (Å²) in [6, 6.07) is 5.77. The number of nitrogens with one attached hydrogen (secondary N) is 1. The van der Waals surface area contributed by atoms with Crippen molar-refractivity contribution in [2.75, 3.05) is 40.1 Å². The molecule has 5 nitrogen and oxygen atoms in total. The van der Waals surface area contributed by atoms with Crippen LogP contribution in [-0.4, -0.2) is 45.2 Å². The minimum absolute atomic E-state index is 0.0364. The van der Waals surface area contributed by atoms with Crippen LogP contribution in [0.1, 0.15) is 18.9 Å². The first-order chi connectivity index (χ1) is 9.81. The Balaban J connectivity index is 2.53. The maximum absolute atomic E-state index is 8.62. The molecule has 0 saturated carbocycles. The Hall–Kier alpha value is -1.30. The lowest BCUT2D eigenvalue weighted by Gasteiger charge is -2.13. The molecule has 0 aromatic heterocycles. The Kier molecular flexibility index (Phi) is 8.78. The molecule has 0 heterocycles. The Morgan fingerprint density at radius 3 is 2.75 bits per heavy atom. The quantitative estimate of drug-likeness (QED) is 0.604. The van der Waals surface area contributed by atoms with Gasteiger partial charge in [-0.2, -0.15) is 0 Å². The van der Waals surface area contributed by atoms with Gasteiger partial charge >= 0.3 is 0 Å². The molecule has 0 fully saturated rings. The Labute approximate surface area is 120 Å². The molecule has 0 spiro atoms. The smallest absolute Gasteiger partial charge is 0.124 e. The lowest BCUT2D eigenvalue weighted by molar-refractivity contribution is 0.0703. The van der Waals surface area contributed by atoms with Gasteiger partial charge in [0.2, 0.25) is 0 Å². The number of ether oxygens (including phenoxy) is 3. The van der Waals surface area contributed by atoms with Crippen LogP contribution in [0.4, 0.5) is 0 Å². The Morgan fingerprint density at radius 2 is 2.05 bits per heavy atom. The van der Waals surface area contributed by atoms with Crippen LogP contribution < -0.4 is 14.8 Å². The third kappa shape index (κ3) is 6.23. The van der Waals surface area contributed by atoms with Crippen LogP contribution >= 0.6 is 0 Å². The molecule has 20 heavy (non-hydrogen) atoms. The maximum Gasteiger partial charge on any atom is 0.124 e. The van der Waals surface area contributed by atoms with Crippen molar-refractivity contribution in [1.82, 2.24) is 5.32 Å². The van der Waals surface area contributed by atoms with Crippen molar-refractivity contribution in [3.8, 4) is 11.5 Å².